The van der Waals surface area contributed by atoms with Crippen LogP contribution in [-0.4, -0.2) is 57.0 Å². The van der Waals surface area contributed by atoms with Gasteiger partial charge in [-0.2, -0.15) is 27.8 Å². The molecule has 3 aromatic carbocycles. The van der Waals surface area contributed by atoms with Crippen molar-refractivity contribution in [3.8, 4) is 11.3 Å². The summed E-state index contributed by atoms with van der Waals surface area (Å²) in [5.41, 5.74) is -0.492. The third-order valence-corrected chi connectivity index (χ3v) is 12.3. The van der Waals surface area contributed by atoms with E-state index in [0.29, 0.717) is 34.5 Å². The lowest BCUT2D eigenvalue weighted by atomic mass is 9.99. The number of aromatic nitrogens is 5. The van der Waals surface area contributed by atoms with Crippen molar-refractivity contribution in [1.29, 1.82) is 0 Å². The van der Waals surface area contributed by atoms with E-state index in [1.54, 1.807) is 29.2 Å². The van der Waals surface area contributed by atoms with E-state index >= 15 is 8.78 Å². The highest BCUT2D eigenvalue weighted by Crippen LogP contribution is 2.68. The Balaban J connectivity index is 1.20. The summed E-state index contributed by atoms with van der Waals surface area (Å²) in [5, 5.41) is 11.1. The van der Waals surface area contributed by atoms with Gasteiger partial charge in [-0.15, -0.1) is 0 Å². The van der Waals surface area contributed by atoms with Crippen LogP contribution in [0.1, 0.15) is 59.5 Å². The average molecular weight is 932 g/mol. The van der Waals surface area contributed by atoms with Crippen molar-refractivity contribution in [2.24, 2.45) is 18.0 Å². The Labute approximate surface area is 364 Å². The van der Waals surface area contributed by atoms with E-state index in [4.69, 9.17) is 16.6 Å². The van der Waals surface area contributed by atoms with Gasteiger partial charge in [-0.3, -0.25) is 18.9 Å². The Hall–Kier alpha value is -6.09. The number of amidine groups is 1. The van der Waals surface area contributed by atoms with Gasteiger partial charge in [-0.1, -0.05) is 29.8 Å². The second-order valence-electron chi connectivity index (χ2n) is 16.1. The maximum atomic E-state index is 15.5. The number of hydrogen-bond acceptors (Lipinski definition) is 8. The molecule has 0 unspecified atom stereocenters. The zero-order valence-corrected chi connectivity index (χ0v) is 35.2. The number of sulfonamides is 1. The molecule has 1 fully saturated rings. The largest absolute Gasteiger partial charge is 0.344 e. The number of carbonyl (C=O) groups excluding carboxylic acids is 1. The lowest BCUT2D eigenvalue weighted by molar-refractivity contribution is -0.122. The van der Waals surface area contributed by atoms with Crippen molar-refractivity contribution in [1.82, 2.24) is 29.9 Å². The minimum Gasteiger partial charge on any atom is -0.344 e. The summed E-state index contributed by atoms with van der Waals surface area (Å²) in [7, 11) is -2.37. The van der Waals surface area contributed by atoms with Crippen LogP contribution in [0.15, 0.2) is 71.7 Å². The molecule has 4 heterocycles. The number of pyridine rings is 1. The van der Waals surface area contributed by atoms with Gasteiger partial charge in [0.05, 0.1) is 51.8 Å². The first-order valence-electron chi connectivity index (χ1n) is 19.6. The highest BCUT2D eigenvalue weighted by atomic mass is 35.5. The third kappa shape index (κ3) is 7.81. The van der Waals surface area contributed by atoms with Crippen LogP contribution >= 0.6 is 11.6 Å². The van der Waals surface area contributed by atoms with Gasteiger partial charge in [0, 0.05) is 43.5 Å². The molecule has 12 nitrogen and oxygen atoms in total. The molecule has 2 N–H and O–H groups in total. The normalized spacial score (nSPS) is 18.1. The summed E-state index contributed by atoms with van der Waals surface area (Å²) < 4.78 is 147. The lowest BCUT2D eigenvalue weighted by Gasteiger charge is -2.36. The van der Waals surface area contributed by atoms with Crippen LogP contribution in [0.25, 0.3) is 22.2 Å². The van der Waals surface area contributed by atoms with Gasteiger partial charge >= 0.3 is 0 Å². The molecule has 22 heteroatoms. The van der Waals surface area contributed by atoms with Crippen LogP contribution in [0.2, 0.25) is 5.02 Å². The molecule has 334 valence electrons. The maximum Gasteiger partial charge on any atom is 0.293 e. The summed E-state index contributed by atoms with van der Waals surface area (Å²) in [5.74, 6) is -11.9. The van der Waals surface area contributed by atoms with E-state index < -0.39 is 87.3 Å². The number of hydrogen-bond donors (Lipinski definition) is 2. The fourth-order valence-corrected chi connectivity index (χ4v) is 9.39. The van der Waals surface area contributed by atoms with Gasteiger partial charge < -0.3 is 10.2 Å². The number of aliphatic imine (C=N–C) groups is 1. The quantitative estimate of drug-likeness (QED) is 0.117. The van der Waals surface area contributed by atoms with Crippen LogP contribution in [0.3, 0.4) is 0 Å². The number of fused-ring (bicyclic) bond motifs is 5. The standard InChI is InChI=1S/C42H34ClF8N9O3S/c1-41(48,49)31-6-4-5-27(52-31)20-7-8-21-17-59(30-10-9-26(43)34-36(30)58(2)56-39(34)57-64(3,62)63)40(54-28(21)14-20)29(13-19-11-22(44)15-23(45)12-19)53-32(61)18-60-37-33(35(55-60)38(46)47)24-16-25(24)42(37,50)51/h4-12,14-15,24-25,29,38H,13,16-18H2,1-3H3,(H,53,61)(H,56,57)/t24-,25+,29-/m0/s1. The first-order valence-corrected chi connectivity index (χ1v) is 21.8. The number of alkyl halides is 6. The minimum atomic E-state index is -3.88. The van der Waals surface area contributed by atoms with Gasteiger partial charge in [-0.25, -0.2) is 36.0 Å². The Morgan fingerprint density at radius 2 is 1.77 bits per heavy atom. The number of nitrogens with one attached hydrogen (secondary N) is 2. The Morgan fingerprint density at radius 1 is 1.03 bits per heavy atom. The molecule has 3 atom stereocenters. The van der Waals surface area contributed by atoms with Crippen molar-refractivity contribution in [2.75, 3.05) is 15.9 Å². The molecule has 1 aliphatic heterocycles. The first kappa shape index (κ1) is 43.2. The summed E-state index contributed by atoms with van der Waals surface area (Å²) in [6.45, 7) is -0.309. The molecule has 1 saturated carbocycles. The second-order valence-corrected chi connectivity index (χ2v) is 18.3. The van der Waals surface area contributed by atoms with E-state index in [-0.39, 0.29) is 69.5 Å². The van der Waals surface area contributed by atoms with Crippen LogP contribution in [-0.2, 0) is 53.2 Å². The number of nitrogens with zero attached hydrogens (tertiary/aromatic N) is 7. The molecule has 1 amide bonds. The molecule has 0 radical (unpaired) electrons. The van der Waals surface area contributed by atoms with E-state index in [0.717, 1.165) is 18.4 Å². The fourth-order valence-electron chi connectivity index (χ4n) is 8.66. The number of aryl methyl sites for hydroxylation is 1. The highest BCUT2D eigenvalue weighted by Gasteiger charge is 2.67. The van der Waals surface area contributed by atoms with Crippen molar-refractivity contribution in [3.05, 3.63) is 117 Å². The molecule has 0 bridgehead atoms. The monoisotopic (exact) mass is 931 g/mol. The highest BCUT2D eigenvalue weighted by molar-refractivity contribution is 7.92. The number of amides is 1. The Morgan fingerprint density at radius 3 is 2.45 bits per heavy atom. The molecule has 9 rings (SSSR count). The molecule has 2 aliphatic carbocycles. The molecule has 0 saturated heterocycles. The van der Waals surface area contributed by atoms with Crippen molar-refractivity contribution in [3.63, 3.8) is 0 Å². The predicted molar refractivity (Wildman–Crippen MR) is 221 cm³/mol. The SMILES string of the molecule is Cn1nc(NS(C)(=O)=O)c2c(Cl)ccc(N3Cc4ccc(-c5cccc(C(C)(F)F)n5)cc4N=C3[C@H](Cc3cc(F)cc(F)c3)NC(=O)Cn3nc(C(F)F)c4c3C(F)(F)[C@@H]3C[C@H]43)c21. The summed E-state index contributed by atoms with van der Waals surface area (Å²) in [6, 6.07) is 13.3. The van der Waals surface area contributed by atoms with Crippen molar-refractivity contribution >= 4 is 61.5 Å². The van der Waals surface area contributed by atoms with Crippen LogP contribution < -0.4 is 14.9 Å². The molecule has 3 aromatic heterocycles. The third-order valence-electron chi connectivity index (χ3n) is 11.4. The van der Waals surface area contributed by atoms with Gasteiger partial charge in [0.1, 0.15) is 41.1 Å². The van der Waals surface area contributed by atoms with Crippen molar-refractivity contribution < 1.29 is 48.3 Å². The number of anilines is 2. The van der Waals surface area contributed by atoms with E-state index in [1.807, 2.05) is 0 Å². The van der Waals surface area contributed by atoms with E-state index in [1.165, 1.54) is 36.0 Å². The van der Waals surface area contributed by atoms with Gasteiger partial charge in [0.2, 0.25) is 15.9 Å². The maximum absolute atomic E-state index is 15.5. The van der Waals surface area contributed by atoms with E-state index in [9.17, 15) is 39.6 Å². The second kappa shape index (κ2) is 15.3. The van der Waals surface area contributed by atoms with Gasteiger partial charge in [0.25, 0.3) is 18.3 Å². The molecule has 64 heavy (non-hydrogen) atoms. The molecule has 3 aliphatic rings. The summed E-state index contributed by atoms with van der Waals surface area (Å²) in [4.78, 5) is 24.9. The van der Waals surface area contributed by atoms with Crippen LogP contribution in [0.5, 0.6) is 0 Å². The number of rotatable bonds is 12. The molecular formula is C42H34ClF8N9O3S. The van der Waals surface area contributed by atoms with Crippen LogP contribution in [0.4, 0.5) is 52.3 Å². The number of benzene rings is 3. The van der Waals surface area contributed by atoms with Crippen molar-refractivity contribution in [2.45, 2.75) is 63.1 Å². The Bertz CT molecular complexity index is 3040. The Kier molecular flexibility index (Phi) is 10.3. The zero-order chi connectivity index (χ0) is 45.8. The fraction of sp³-hybridized carbons (Fsp3) is 0.310. The lowest BCUT2D eigenvalue weighted by Crippen LogP contribution is -2.51. The summed E-state index contributed by atoms with van der Waals surface area (Å²) >= 11 is 6.66. The van der Waals surface area contributed by atoms with Gasteiger partial charge in [-0.05, 0) is 65.9 Å². The average Bonchev–Trinajstić information content (AvgIpc) is 3.75. The molecular weight excluding hydrogens is 898 g/mol. The first-order chi connectivity index (χ1) is 30.1. The molecule has 6 aromatic rings. The zero-order valence-electron chi connectivity index (χ0n) is 33.7. The van der Waals surface area contributed by atoms with Gasteiger partial charge in [0.15, 0.2) is 5.82 Å². The smallest absolute Gasteiger partial charge is 0.293 e. The molecule has 0 spiro atoms. The van der Waals surface area contributed by atoms with Crippen LogP contribution in [0, 0.1) is 17.6 Å². The predicted octanol–water partition coefficient (Wildman–Crippen LogP) is 8.87. The van der Waals surface area contributed by atoms with E-state index in [2.05, 4.69) is 25.2 Å². The number of carbonyl (C=O) groups is 1. The topological polar surface area (TPSA) is 139 Å². The number of halogens is 9. The summed E-state index contributed by atoms with van der Waals surface area (Å²) in [6.07, 6.45) is -2.67. The minimum absolute atomic E-state index is 0.00422.